The molecule has 3 aromatic rings. The van der Waals surface area contributed by atoms with Crippen LogP contribution >= 0.6 is 0 Å². The van der Waals surface area contributed by atoms with Crippen LogP contribution in [0.15, 0.2) is 59.1 Å². The van der Waals surface area contributed by atoms with Crippen LogP contribution in [0.3, 0.4) is 0 Å². The van der Waals surface area contributed by atoms with E-state index in [1.54, 1.807) is 0 Å². The number of methoxy groups -OCH3 is 1. The Labute approximate surface area is 157 Å². The number of aryl methyl sites for hydroxylation is 1. The molecule has 27 heavy (non-hydrogen) atoms. The number of nitrogens with one attached hydrogen (secondary N) is 1. The molecule has 2 heterocycles. The van der Waals surface area contributed by atoms with Crippen molar-refractivity contribution in [3.63, 3.8) is 0 Å². The lowest BCUT2D eigenvalue weighted by Crippen LogP contribution is -2.29. The first-order chi connectivity index (χ1) is 13.2. The summed E-state index contributed by atoms with van der Waals surface area (Å²) in [6, 6.07) is 17.1. The quantitative estimate of drug-likeness (QED) is 0.750. The highest BCUT2D eigenvalue weighted by Gasteiger charge is 2.22. The number of fused-ring (bicyclic) bond motifs is 1. The zero-order valence-electron chi connectivity index (χ0n) is 15.0. The van der Waals surface area contributed by atoms with Crippen LogP contribution in [0.1, 0.15) is 39.7 Å². The van der Waals surface area contributed by atoms with Gasteiger partial charge >= 0.3 is 0 Å². The van der Waals surface area contributed by atoms with Gasteiger partial charge in [0.25, 0.3) is 11.8 Å². The van der Waals surface area contributed by atoms with Crippen LogP contribution in [-0.2, 0) is 6.42 Å². The number of ether oxygens (including phenoxy) is 2. The van der Waals surface area contributed by atoms with Gasteiger partial charge in [0, 0.05) is 0 Å². The Morgan fingerprint density at radius 1 is 1.15 bits per heavy atom. The molecule has 1 aromatic heterocycles. The Morgan fingerprint density at radius 3 is 2.78 bits per heavy atom. The zero-order valence-corrected chi connectivity index (χ0v) is 15.0. The minimum atomic E-state index is -0.353. The molecule has 0 saturated heterocycles. The van der Waals surface area contributed by atoms with Crippen molar-refractivity contribution in [3.05, 3.63) is 77.0 Å². The minimum absolute atomic E-state index is 0.106. The Hall–Kier alpha value is -3.28. The highest BCUT2D eigenvalue weighted by atomic mass is 16.5. The lowest BCUT2D eigenvalue weighted by atomic mass is 9.94. The fraction of sp³-hybridized carbons (Fsp3) is 0.238. The zero-order chi connectivity index (χ0) is 18.6. The van der Waals surface area contributed by atoms with Crippen molar-refractivity contribution in [1.82, 2.24) is 10.5 Å². The van der Waals surface area contributed by atoms with E-state index in [2.05, 4.69) is 16.5 Å². The fourth-order valence-corrected chi connectivity index (χ4v) is 3.23. The van der Waals surface area contributed by atoms with Crippen molar-refractivity contribution in [2.75, 3.05) is 13.7 Å². The van der Waals surface area contributed by atoms with E-state index in [-0.39, 0.29) is 23.6 Å². The van der Waals surface area contributed by atoms with Gasteiger partial charge in [0.2, 0.25) is 5.76 Å². The van der Waals surface area contributed by atoms with Crippen LogP contribution in [0.5, 0.6) is 11.6 Å². The Balaban J connectivity index is 1.66. The van der Waals surface area contributed by atoms with E-state index in [4.69, 9.17) is 14.0 Å². The molecule has 4 rings (SSSR count). The molecule has 0 spiro atoms. The lowest BCUT2D eigenvalue weighted by molar-refractivity contribution is 0.0905. The summed E-state index contributed by atoms with van der Waals surface area (Å²) in [5.74, 6) is 0.938. The van der Waals surface area contributed by atoms with Gasteiger partial charge in [-0.05, 0) is 46.8 Å². The summed E-state index contributed by atoms with van der Waals surface area (Å²) in [4.78, 5) is 12.7. The van der Waals surface area contributed by atoms with E-state index in [0.29, 0.717) is 0 Å². The van der Waals surface area contributed by atoms with Crippen molar-refractivity contribution in [2.24, 2.45) is 0 Å². The molecule has 0 radical (unpaired) electrons. The van der Waals surface area contributed by atoms with Gasteiger partial charge in [0.05, 0.1) is 25.8 Å². The molecular weight excluding hydrogens is 344 g/mol. The largest absolute Gasteiger partial charge is 0.493 e. The van der Waals surface area contributed by atoms with Crippen LogP contribution in [0, 0.1) is 0 Å². The summed E-state index contributed by atoms with van der Waals surface area (Å²) in [5, 5.41) is 6.73. The minimum Gasteiger partial charge on any atom is -0.493 e. The van der Waals surface area contributed by atoms with E-state index < -0.39 is 0 Å². The number of hydrogen-bond acceptors (Lipinski definition) is 5. The lowest BCUT2D eigenvalue weighted by Gasteiger charge is -2.23. The number of rotatable bonds is 5. The van der Waals surface area contributed by atoms with E-state index >= 15 is 0 Å². The third kappa shape index (κ3) is 3.65. The molecule has 0 aliphatic carbocycles. The second-order valence-electron chi connectivity index (χ2n) is 6.37. The molecule has 1 aliphatic rings. The van der Waals surface area contributed by atoms with Gasteiger partial charge in [-0.25, -0.2) is 0 Å². The average Bonchev–Trinajstić information content (AvgIpc) is 3.22. The molecule has 138 valence electrons. The van der Waals surface area contributed by atoms with Crippen LogP contribution in [-0.4, -0.2) is 24.8 Å². The van der Waals surface area contributed by atoms with Gasteiger partial charge in [0.15, 0.2) is 0 Å². The third-order valence-electron chi connectivity index (χ3n) is 4.60. The van der Waals surface area contributed by atoms with Gasteiger partial charge in [0.1, 0.15) is 5.75 Å². The molecule has 2 aromatic carbocycles. The maximum Gasteiger partial charge on any atom is 0.290 e. The molecule has 0 unspecified atom stereocenters. The maximum atomic E-state index is 12.7. The average molecular weight is 364 g/mol. The van der Waals surface area contributed by atoms with Gasteiger partial charge in [-0.3, -0.25) is 4.79 Å². The van der Waals surface area contributed by atoms with E-state index in [1.807, 2.05) is 42.5 Å². The molecule has 1 amide bonds. The van der Waals surface area contributed by atoms with Gasteiger partial charge in [-0.2, -0.15) is 0 Å². The first-order valence-corrected chi connectivity index (χ1v) is 8.87. The standard InChI is InChI=1S/C21H20N2O4/c1-25-19-13-18(27-23-19)21(24)22-20(14-6-3-2-4-7-14)16-9-10-17-15(12-16)8-5-11-26-17/h2-4,6-7,9-10,12-13,20H,5,8,11H2,1H3,(H,22,24)/t20-/m0/s1. The first-order valence-electron chi connectivity index (χ1n) is 8.87. The first kappa shape index (κ1) is 17.1. The summed E-state index contributed by atoms with van der Waals surface area (Å²) in [5.41, 5.74) is 3.13. The second kappa shape index (κ2) is 7.53. The van der Waals surface area contributed by atoms with Crippen molar-refractivity contribution in [1.29, 1.82) is 0 Å². The van der Waals surface area contributed by atoms with Gasteiger partial charge < -0.3 is 19.3 Å². The van der Waals surface area contributed by atoms with Crippen molar-refractivity contribution < 1.29 is 18.8 Å². The molecule has 6 heteroatoms. The van der Waals surface area contributed by atoms with Crippen LogP contribution in [0.4, 0.5) is 0 Å². The number of nitrogens with zero attached hydrogens (tertiary/aromatic N) is 1. The predicted molar refractivity (Wildman–Crippen MR) is 99.1 cm³/mol. The van der Waals surface area contributed by atoms with Gasteiger partial charge in [-0.1, -0.05) is 36.4 Å². The number of carbonyl (C=O) groups is 1. The molecule has 1 aliphatic heterocycles. The topological polar surface area (TPSA) is 73.6 Å². The smallest absolute Gasteiger partial charge is 0.290 e. The van der Waals surface area contributed by atoms with Gasteiger partial charge in [-0.15, -0.1) is 0 Å². The molecule has 1 atom stereocenters. The molecular formula is C21H20N2O4. The third-order valence-corrected chi connectivity index (χ3v) is 4.60. The molecule has 6 nitrogen and oxygen atoms in total. The van der Waals surface area contributed by atoms with E-state index in [9.17, 15) is 4.79 Å². The van der Waals surface area contributed by atoms with Crippen molar-refractivity contribution >= 4 is 5.91 Å². The van der Waals surface area contributed by atoms with Crippen molar-refractivity contribution in [3.8, 4) is 11.6 Å². The van der Waals surface area contributed by atoms with E-state index in [1.165, 1.54) is 13.2 Å². The normalized spacial score (nSPS) is 14.0. The monoisotopic (exact) mass is 364 g/mol. The highest BCUT2D eigenvalue weighted by molar-refractivity contribution is 5.92. The fourth-order valence-electron chi connectivity index (χ4n) is 3.23. The summed E-state index contributed by atoms with van der Waals surface area (Å²) >= 11 is 0. The Kier molecular flexibility index (Phi) is 4.78. The molecule has 0 fully saturated rings. The van der Waals surface area contributed by atoms with Crippen LogP contribution in [0.25, 0.3) is 0 Å². The summed E-state index contributed by atoms with van der Waals surface area (Å²) in [6.45, 7) is 0.749. The summed E-state index contributed by atoms with van der Waals surface area (Å²) in [6.07, 6.45) is 1.97. The highest BCUT2D eigenvalue weighted by Crippen LogP contribution is 2.30. The predicted octanol–water partition coefficient (Wildman–Crippen LogP) is 3.53. The number of carbonyl (C=O) groups excluding carboxylic acids is 1. The SMILES string of the molecule is COc1cc(C(=O)N[C@@H](c2ccccc2)c2ccc3c(c2)CCCO3)on1. The van der Waals surface area contributed by atoms with E-state index in [0.717, 1.165) is 41.9 Å². The number of benzene rings is 2. The second-order valence-corrected chi connectivity index (χ2v) is 6.37. The Morgan fingerprint density at radius 2 is 2.00 bits per heavy atom. The van der Waals surface area contributed by atoms with Crippen LogP contribution < -0.4 is 14.8 Å². The summed E-state index contributed by atoms with van der Waals surface area (Å²) in [7, 11) is 1.47. The van der Waals surface area contributed by atoms with Crippen LogP contribution in [0.2, 0.25) is 0 Å². The maximum absolute atomic E-state index is 12.7. The summed E-state index contributed by atoms with van der Waals surface area (Å²) < 4.78 is 15.8. The number of hydrogen-bond donors (Lipinski definition) is 1. The molecule has 1 N–H and O–H groups in total. The molecule has 0 bridgehead atoms. The number of aromatic nitrogens is 1. The van der Waals surface area contributed by atoms with Crippen molar-refractivity contribution in [2.45, 2.75) is 18.9 Å². The Bertz CT molecular complexity index is 936. The number of amides is 1. The molecule has 0 saturated carbocycles.